The Morgan fingerprint density at radius 1 is 1.00 bits per heavy atom. The summed E-state index contributed by atoms with van der Waals surface area (Å²) in [4.78, 5) is 4.60. The van der Waals surface area contributed by atoms with Gasteiger partial charge in [-0.1, -0.05) is 30.3 Å². The second kappa shape index (κ2) is 7.39. The van der Waals surface area contributed by atoms with Crippen LogP contribution in [0.25, 0.3) is 0 Å². The summed E-state index contributed by atoms with van der Waals surface area (Å²) in [6.07, 6.45) is 0. The van der Waals surface area contributed by atoms with Crippen LogP contribution >= 0.6 is 0 Å². The fourth-order valence-electron chi connectivity index (χ4n) is 1.64. The Labute approximate surface area is 98.8 Å². The van der Waals surface area contributed by atoms with E-state index in [0.717, 1.165) is 32.7 Å². The molecule has 3 heteroatoms. The number of likely N-dealkylation sites (N-methyl/N-ethyl adjacent to an activating group) is 1. The molecule has 3 nitrogen and oxygen atoms in total. The highest BCUT2D eigenvalue weighted by molar-refractivity contribution is 5.14. The Balaban J connectivity index is 2.44. The highest BCUT2D eigenvalue weighted by atomic mass is 15.2. The number of nitrogens with zero attached hydrogens (tertiary/aromatic N) is 2. The molecule has 1 aromatic carbocycles. The van der Waals surface area contributed by atoms with Gasteiger partial charge in [0.2, 0.25) is 0 Å². The van der Waals surface area contributed by atoms with Gasteiger partial charge in [0.15, 0.2) is 0 Å². The molecule has 0 saturated carbocycles. The Kier molecular flexibility index (Phi) is 6.08. The van der Waals surface area contributed by atoms with E-state index in [-0.39, 0.29) is 0 Å². The molecule has 16 heavy (non-hydrogen) atoms. The molecule has 0 spiro atoms. The molecule has 0 heterocycles. The smallest absolute Gasteiger partial charge is 0.0234 e. The molecule has 90 valence electrons. The van der Waals surface area contributed by atoms with E-state index in [1.54, 1.807) is 0 Å². The quantitative estimate of drug-likeness (QED) is 0.746. The van der Waals surface area contributed by atoms with E-state index in [1.165, 1.54) is 5.56 Å². The molecule has 0 aliphatic carbocycles. The van der Waals surface area contributed by atoms with Gasteiger partial charge in [0.1, 0.15) is 0 Å². The van der Waals surface area contributed by atoms with Crippen molar-refractivity contribution in [3.05, 3.63) is 35.9 Å². The molecule has 1 rings (SSSR count). The van der Waals surface area contributed by atoms with Gasteiger partial charge >= 0.3 is 0 Å². The molecule has 0 aromatic heterocycles. The zero-order valence-electron chi connectivity index (χ0n) is 10.4. The summed E-state index contributed by atoms with van der Waals surface area (Å²) in [5.74, 6) is 0. The summed E-state index contributed by atoms with van der Waals surface area (Å²) >= 11 is 0. The van der Waals surface area contributed by atoms with Crippen LogP contribution in [0.2, 0.25) is 0 Å². The fraction of sp³-hybridized carbons (Fsp3) is 0.538. The Bertz CT molecular complexity index is 272. The predicted octanol–water partition coefficient (Wildman–Crippen LogP) is 1.01. The van der Waals surface area contributed by atoms with E-state index in [2.05, 4.69) is 54.2 Å². The van der Waals surface area contributed by atoms with E-state index in [0.29, 0.717) is 0 Å². The van der Waals surface area contributed by atoms with Gasteiger partial charge in [-0.05, 0) is 19.7 Å². The monoisotopic (exact) mass is 221 g/mol. The lowest BCUT2D eigenvalue weighted by Crippen LogP contribution is -2.34. The van der Waals surface area contributed by atoms with Crippen molar-refractivity contribution >= 4 is 0 Å². The minimum atomic E-state index is 0.722. The van der Waals surface area contributed by atoms with Crippen LogP contribution in [0, 0.1) is 0 Å². The van der Waals surface area contributed by atoms with Crippen LogP contribution in [0.4, 0.5) is 0 Å². The molecule has 0 atom stereocenters. The van der Waals surface area contributed by atoms with E-state index in [9.17, 15) is 0 Å². The van der Waals surface area contributed by atoms with Crippen LogP contribution in [-0.4, -0.2) is 50.1 Å². The van der Waals surface area contributed by atoms with Crippen molar-refractivity contribution in [1.82, 2.24) is 9.80 Å². The first-order valence-electron chi connectivity index (χ1n) is 5.83. The number of hydrogen-bond acceptors (Lipinski definition) is 3. The third kappa shape index (κ3) is 5.26. The highest BCUT2D eigenvalue weighted by Crippen LogP contribution is 2.03. The summed E-state index contributed by atoms with van der Waals surface area (Å²) in [5, 5.41) is 0. The molecule has 0 fully saturated rings. The summed E-state index contributed by atoms with van der Waals surface area (Å²) in [5.41, 5.74) is 6.99. The molecule has 0 radical (unpaired) electrons. The van der Waals surface area contributed by atoms with Gasteiger partial charge in [-0.15, -0.1) is 0 Å². The summed E-state index contributed by atoms with van der Waals surface area (Å²) in [7, 11) is 4.20. The van der Waals surface area contributed by atoms with Crippen molar-refractivity contribution in [2.24, 2.45) is 5.73 Å². The zero-order chi connectivity index (χ0) is 11.8. The van der Waals surface area contributed by atoms with Gasteiger partial charge in [-0.3, -0.25) is 4.90 Å². The van der Waals surface area contributed by atoms with E-state index in [1.807, 2.05) is 0 Å². The third-order valence-electron chi connectivity index (χ3n) is 2.56. The summed E-state index contributed by atoms with van der Waals surface area (Å²) in [6, 6.07) is 10.6. The lowest BCUT2D eigenvalue weighted by molar-refractivity contribution is 0.239. The number of benzene rings is 1. The van der Waals surface area contributed by atoms with E-state index < -0.39 is 0 Å². The predicted molar refractivity (Wildman–Crippen MR) is 69.3 cm³/mol. The van der Waals surface area contributed by atoms with Gasteiger partial charge in [-0.25, -0.2) is 0 Å². The lowest BCUT2D eigenvalue weighted by Gasteiger charge is -2.23. The maximum atomic E-state index is 5.63. The maximum Gasteiger partial charge on any atom is 0.0234 e. The largest absolute Gasteiger partial charge is 0.329 e. The van der Waals surface area contributed by atoms with Crippen LogP contribution in [0.5, 0.6) is 0 Å². The van der Waals surface area contributed by atoms with Crippen molar-refractivity contribution in [2.45, 2.75) is 6.54 Å². The lowest BCUT2D eigenvalue weighted by atomic mass is 10.2. The Hall–Kier alpha value is -0.900. The normalized spacial score (nSPS) is 11.3. The first-order chi connectivity index (χ1) is 7.72. The third-order valence-corrected chi connectivity index (χ3v) is 2.56. The van der Waals surface area contributed by atoms with Crippen molar-refractivity contribution in [3.8, 4) is 0 Å². The minimum absolute atomic E-state index is 0.722. The number of rotatable bonds is 7. The van der Waals surface area contributed by atoms with Gasteiger partial charge in [0, 0.05) is 32.7 Å². The van der Waals surface area contributed by atoms with Crippen LogP contribution in [0.3, 0.4) is 0 Å². The van der Waals surface area contributed by atoms with Gasteiger partial charge < -0.3 is 10.6 Å². The standard InChI is InChI=1S/C13H23N3/c1-15(2)10-11-16(9-8-14)12-13-6-4-3-5-7-13/h3-7H,8-12,14H2,1-2H3. The fourth-order valence-corrected chi connectivity index (χ4v) is 1.64. The molecular weight excluding hydrogens is 198 g/mol. The van der Waals surface area contributed by atoms with Crippen molar-refractivity contribution < 1.29 is 0 Å². The van der Waals surface area contributed by atoms with Crippen molar-refractivity contribution in [2.75, 3.05) is 40.3 Å². The Morgan fingerprint density at radius 3 is 2.25 bits per heavy atom. The molecule has 0 amide bonds. The number of hydrogen-bond donors (Lipinski definition) is 1. The van der Waals surface area contributed by atoms with E-state index >= 15 is 0 Å². The van der Waals surface area contributed by atoms with Crippen LogP contribution in [-0.2, 0) is 6.54 Å². The van der Waals surface area contributed by atoms with Crippen molar-refractivity contribution in [1.29, 1.82) is 0 Å². The highest BCUT2D eigenvalue weighted by Gasteiger charge is 2.04. The Morgan fingerprint density at radius 2 is 1.69 bits per heavy atom. The van der Waals surface area contributed by atoms with Gasteiger partial charge in [-0.2, -0.15) is 0 Å². The van der Waals surface area contributed by atoms with Gasteiger partial charge in [0.25, 0.3) is 0 Å². The van der Waals surface area contributed by atoms with Crippen LogP contribution < -0.4 is 5.73 Å². The average molecular weight is 221 g/mol. The second-order valence-corrected chi connectivity index (χ2v) is 4.35. The topological polar surface area (TPSA) is 32.5 Å². The van der Waals surface area contributed by atoms with Crippen LogP contribution in [0.15, 0.2) is 30.3 Å². The van der Waals surface area contributed by atoms with E-state index in [4.69, 9.17) is 5.73 Å². The number of nitrogens with two attached hydrogens (primary N) is 1. The molecule has 0 unspecified atom stereocenters. The first-order valence-corrected chi connectivity index (χ1v) is 5.83. The second-order valence-electron chi connectivity index (χ2n) is 4.35. The van der Waals surface area contributed by atoms with Gasteiger partial charge in [0.05, 0.1) is 0 Å². The summed E-state index contributed by atoms with van der Waals surface area (Å²) in [6.45, 7) is 4.82. The first kappa shape index (κ1) is 13.2. The zero-order valence-corrected chi connectivity index (χ0v) is 10.4. The molecule has 0 aliphatic heterocycles. The SMILES string of the molecule is CN(C)CCN(CCN)Cc1ccccc1. The molecule has 1 aromatic rings. The minimum Gasteiger partial charge on any atom is -0.329 e. The molecule has 0 saturated heterocycles. The molecule has 2 N–H and O–H groups in total. The maximum absolute atomic E-state index is 5.63. The molecular formula is C13H23N3. The molecule has 0 aliphatic rings. The molecule has 0 bridgehead atoms. The summed E-state index contributed by atoms with van der Waals surface area (Å²) < 4.78 is 0. The van der Waals surface area contributed by atoms with Crippen LogP contribution in [0.1, 0.15) is 5.56 Å². The average Bonchev–Trinajstić information content (AvgIpc) is 2.27. The van der Waals surface area contributed by atoms with Crippen molar-refractivity contribution in [3.63, 3.8) is 0 Å².